The molecule has 0 bridgehead atoms. The van der Waals surface area contributed by atoms with Crippen molar-refractivity contribution in [3.8, 4) is 5.69 Å². The van der Waals surface area contributed by atoms with Crippen LogP contribution >= 0.6 is 0 Å². The monoisotopic (exact) mass is 483 g/mol. The summed E-state index contributed by atoms with van der Waals surface area (Å²) in [5.74, 6) is -2.75. The molecule has 4 aromatic rings. The van der Waals surface area contributed by atoms with Crippen molar-refractivity contribution >= 4 is 23.1 Å². The minimum absolute atomic E-state index is 0.00453. The zero-order chi connectivity index (χ0) is 25.6. The first-order valence-electron chi connectivity index (χ1n) is 11.3. The van der Waals surface area contributed by atoms with Crippen molar-refractivity contribution in [3.05, 3.63) is 123 Å². The molecule has 0 unspecified atom stereocenters. The number of anilines is 1. The molecule has 1 amide bonds. The van der Waals surface area contributed by atoms with Crippen LogP contribution in [0, 0.1) is 12.7 Å². The molecule has 0 spiro atoms. The summed E-state index contributed by atoms with van der Waals surface area (Å²) in [6.45, 7) is 1.68. The Hall–Kier alpha value is -4.72. The van der Waals surface area contributed by atoms with E-state index in [9.17, 15) is 23.9 Å². The molecule has 1 aliphatic heterocycles. The number of Topliss-reactive ketones (excluding diaryl/α,β-unsaturated/α-hetero) is 1. The Morgan fingerprint density at radius 2 is 1.44 bits per heavy atom. The second-order valence-corrected chi connectivity index (χ2v) is 8.50. The molecule has 5 rings (SSSR count). The molecule has 36 heavy (non-hydrogen) atoms. The number of carbonyl (C=O) groups excluding carboxylic acids is 2. The third-order valence-corrected chi connectivity index (χ3v) is 6.44. The summed E-state index contributed by atoms with van der Waals surface area (Å²) >= 11 is 0. The van der Waals surface area contributed by atoms with Gasteiger partial charge in [-0.05, 0) is 36.8 Å². The summed E-state index contributed by atoms with van der Waals surface area (Å²) in [5, 5.41) is 11.2. The van der Waals surface area contributed by atoms with Gasteiger partial charge in [0.1, 0.15) is 17.3 Å². The van der Waals surface area contributed by atoms with Crippen LogP contribution in [0.2, 0.25) is 0 Å². The van der Waals surface area contributed by atoms with Crippen molar-refractivity contribution in [1.29, 1.82) is 0 Å². The topological polar surface area (TPSA) is 84.5 Å². The van der Waals surface area contributed by atoms with E-state index in [4.69, 9.17) is 0 Å². The van der Waals surface area contributed by atoms with Crippen LogP contribution in [0.5, 0.6) is 0 Å². The Bertz CT molecular complexity index is 1570. The highest BCUT2D eigenvalue weighted by atomic mass is 19.1. The fourth-order valence-corrected chi connectivity index (χ4v) is 4.61. The molecule has 1 aromatic heterocycles. The number of halogens is 1. The fourth-order valence-electron chi connectivity index (χ4n) is 4.61. The highest BCUT2D eigenvalue weighted by Gasteiger charge is 2.49. The number of aliphatic hydroxyl groups is 1. The average Bonchev–Trinajstić information content (AvgIpc) is 3.28. The van der Waals surface area contributed by atoms with Gasteiger partial charge in [-0.3, -0.25) is 24.0 Å². The Kier molecular flexibility index (Phi) is 5.64. The maximum atomic E-state index is 13.8. The lowest BCUT2D eigenvalue weighted by molar-refractivity contribution is -0.132. The predicted molar refractivity (Wildman–Crippen MR) is 133 cm³/mol. The van der Waals surface area contributed by atoms with Crippen LogP contribution in [0.4, 0.5) is 10.1 Å². The summed E-state index contributed by atoms with van der Waals surface area (Å²) in [7, 11) is 1.68. The number of benzene rings is 3. The number of carbonyl (C=O) groups is 2. The van der Waals surface area contributed by atoms with E-state index in [0.717, 1.165) is 4.90 Å². The molecule has 1 fully saturated rings. The highest BCUT2D eigenvalue weighted by Crippen LogP contribution is 2.42. The summed E-state index contributed by atoms with van der Waals surface area (Å²) in [4.78, 5) is 41.6. The molecule has 7 nitrogen and oxygen atoms in total. The van der Waals surface area contributed by atoms with Gasteiger partial charge in [-0.2, -0.15) is 0 Å². The number of rotatable bonds is 4. The van der Waals surface area contributed by atoms with Crippen molar-refractivity contribution in [2.75, 3.05) is 4.90 Å². The number of para-hydroxylation sites is 1. The van der Waals surface area contributed by atoms with Gasteiger partial charge in [-0.25, -0.2) is 9.07 Å². The quantitative estimate of drug-likeness (QED) is 0.267. The third kappa shape index (κ3) is 3.54. The Morgan fingerprint density at radius 3 is 2.06 bits per heavy atom. The maximum absolute atomic E-state index is 13.8. The second-order valence-electron chi connectivity index (χ2n) is 8.50. The van der Waals surface area contributed by atoms with Crippen molar-refractivity contribution in [2.45, 2.75) is 13.0 Å². The summed E-state index contributed by atoms with van der Waals surface area (Å²) in [6.07, 6.45) is 0. The largest absolute Gasteiger partial charge is 0.507 e. The van der Waals surface area contributed by atoms with Crippen molar-refractivity contribution in [2.24, 2.45) is 7.05 Å². The molecule has 1 N–H and O–H groups in total. The molecule has 8 heteroatoms. The maximum Gasteiger partial charge on any atom is 0.300 e. The lowest BCUT2D eigenvalue weighted by Gasteiger charge is -2.24. The van der Waals surface area contributed by atoms with Crippen LogP contribution in [0.15, 0.2) is 95.3 Å². The fraction of sp³-hybridized carbons (Fsp3) is 0.107. The van der Waals surface area contributed by atoms with Crippen LogP contribution in [0.1, 0.15) is 22.9 Å². The van der Waals surface area contributed by atoms with Crippen LogP contribution < -0.4 is 10.5 Å². The summed E-state index contributed by atoms with van der Waals surface area (Å²) in [5.41, 5.74) is 1.07. The van der Waals surface area contributed by atoms with E-state index >= 15 is 0 Å². The molecular formula is C28H22FN3O4. The van der Waals surface area contributed by atoms with Crippen molar-refractivity contribution in [3.63, 3.8) is 0 Å². The first-order valence-corrected chi connectivity index (χ1v) is 11.3. The zero-order valence-electron chi connectivity index (χ0n) is 19.6. The Morgan fingerprint density at radius 1 is 0.861 bits per heavy atom. The first-order chi connectivity index (χ1) is 17.3. The van der Waals surface area contributed by atoms with E-state index in [-0.39, 0.29) is 17.0 Å². The molecule has 1 saturated heterocycles. The van der Waals surface area contributed by atoms with Crippen LogP contribution in [0.25, 0.3) is 11.4 Å². The molecule has 1 aliphatic rings. The first kappa shape index (κ1) is 23.0. The molecule has 180 valence electrons. The third-order valence-electron chi connectivity index (χ3n) is 6.44. The number of aromatic nitrogens is 2. The standard InChI is InChI=1S/C28H22FN3O4/c1-17-23(27(35)32(30(17)2)21-11-7-4-8-12-21)31-24(18-13-15-20(29)16-14-18)22(26(34)28(31)36)25(33)19-9-5-3-6-10-19/h3-16,24,33H,1-2H3/t24-/m0/s1. The molecule has 3 aromatic carbocycles. The average molecular weight is 483 g/mol. The smallest absolute Gasteiger partial charge is 0.300 e. The lowest BCUT2D eigenvalue weighted by Crippen LogP contribution is -2.34. The van der Waals surface area contributed by atoms with Gasteiger partial charge in [-0.15, -0.1) is 0 Å². The Balaban J connectivity index is 1.78. The number of hydrogen-bond donors (Lipinski definition) is 1. The van der Waals surface area contributed by atoms with Crippen molar-refractivity contribution in [1.82, 2.24) is 9.36 Å². The van der Waals surface area contributed by atoms with Crippen LogP contribution in [-0.2, 0) is 16.6 Å². The van der Waals surface area contributed by atoms with Gasteiger partial charge >= 0.3 is 0 Å². The van der Waals surface area contributed by atoms with E-state index in [1.807, 2.05) is 6.07 Å². The summed E-state index contributed by atoms with van der Waals surface area (Å²) < 4.78 is 16.8. The Labute approximate surface area is 205 Å². The number of amides is 1. The van der Waals surface area contributed by atoms with Gasteiger partial charge in [0, 0.05) is 12.6 Å². The molecular weight excluding hydrogens is 461 g/mol. The highest BCUT2D eigenvalue weighted by molar-refractivity contribution is 6.51. The van der Waals surface area contributed by atoms with Gasteiger partial charge in [0.2, 0.25) is 0 Å². The van der Waals surface area contributed by atoms with Gasteiger partial charge in [0.25, 0.3) is 17.2 Å². The van der Waals surface area contributed by atoms with E-state index < -0.39 is 29.1 Å². The normalized spacial score (nSPS) is 17.1. The molecule has 2 heterocycles. The molecule has 0 aliphatic carbocycles. The molecule has 0 radical (unpaired) electrons. The lowest BCUT2D eigenvalue weighted by atomic mass is 9.95. The van der Waals surface area contributed by atoms with Crippen LogP contribution in [-0.4, -0.2) is 26.2 Å². The van der Waals surface area contributed by atoms with E-state index in [1.165, 1.54) is 28.9 Å². The second kappa shape index (κ2) is 8.81. The van der Waals surface area contributed by atoms with Crippen LogP contribution in [0.3, 0.4) is 0 Å². The zero-order valence-corrected chi connectivity index (χ0v) is 19.6. The minimum atomic E-state index is -1.14. The van der Waals surface area contributed by atoms with Gasteiger partial charge in [-0.1, -0.05) is 60.7 Å². The minimum Gasteiger partial charge on any atom is -0.507 e. The molecule has 1 atom stereocenters. The SMILES string of the molecule is Cc1c(N2C(=O)C(=O)C(=C(O)c3ccccc3)[C@@H]2c2ccc(F)cc2)c(=O)n(-c2ccccc2)n1C. The number of hydrogen-bond acceptors (Lipinski definition) is 4. The summed E-state index contributed by atoms with van der Waals surface area (Å²) in [6, 6.07) is 21.4. The van der Waals surface area contributed by atoms with E-state index in [0.29, 0.717) is 22.5 Å². The van der Waals surface area contributed by atoms with Gasteiger partial charge in [0.05, 0.1) is 23.0 Å². The number of aliphatic hydroxyl groups excluding tert-OH is 1. The van der Waals surface area contributed by atoms with E-state index in [1.54, 1.807) is 73.3 Å². The number of ketones is 1. The van der Waals surface area contributed by atoms with E-state index in [2.05, 4.69) is 0 Å². The predicted octanol–water partition coefficient (Wildman–Crippen LogP) is 4.25. The molecule has 0 saturated carbocycles. The van der Waals surface area contributed by atoms with Gasteiger partial charge < -0.3 is 5.11 Å². The number of nitrogens with zero attached hydrogens (tertiary/aromatic N) is 3. The van der Waals surface area contributed by atoms with Crippen molar-refractivity contribution < 1.29 is 19.1 Å². The van der Waals surface area contributed by atoms with Gasteiger partial charge in [0.15, 0.2) is 0 Å².